The number of carbonyl (C=O) groups excluding carboxylic acids is 1. The quantitative estimate of drug-likeness (QED) is 0.881. The number of nitrogens with zero attached hydrogens (tertiary/aromatic N) is 2. The number of hydrogen-bond donors (Lipinski definition) is 2. The number of carbonyl (C=O) groups is 1. The number of hydrogen-bond acceptors (Lipinski definition) is 5. The highest BCUT2D eigenvalue weighted by Crippen LogP contribution is 2.36. The largest absolute Gasteiger partial charge is 0.346 e. The summed E-state index contributed by atoms with van der Waals surface area (Å²) >= 11 is 0. The van der Waals surface area contributed by atoms with E-state index < -0.39 is 0 Å². The fourth-order valence-corrected chi connectivity index (χ4v) is 3.17. The van der Waals surface area contributed by atoms with Gasteiger partial charge >= 0.3 is 0 Å². The lowest BCUT2D eigenvalue weighted by molar-refractivity contribution is 0.0922. The van der Waals surface area contributed by atoms with Crippen molar-refractivity contribution in [2.45, 2.75) is 58.0 Å². The summed E-state index contributed by atoms with van der Waals surface area (Å²) in [5.74, 6) is 0.457. The van der Waals surface area contributed by atoms with Crippen molar-refractivity contribution in [1.29, 1.82) is 0 Å². The highest BCUT2D eigenvalue weighted by Gasteiger charge is 2.33. The first-order valence-corrected chi connectivity index (χ1v) is 7.41. The maximum atomic E-state index is 12.1. The minimum absolute atomic E-state index is 0.106. The van der Waals surface area contributed by atoms with Gasteiger partial charge in [0.2, 0.25) is 5.89 Å². The third kappa shape index (κ3) is 2.85. The zero-order valence-corrected chi connectivity index (χ0v) is 12.1. The maximum Gasteiger partial charge on any atom is 0.292 e. The Hall–Kier alpha value is -1.43. The summed E-state index contributed by atoms with van der Waals surface area (Å²) < 4.78 is 5.19. The van der Waals surface area contributed by atoms with Gasteiger partial charge in [0.1, 0.15) is 0 Å². The van der Waals surface area contributed by atoms with Crippen molar-refractivity contribution in [1.82, 2.24) is 20.8 Å². The van der Waals surface area contributed by atoms with Crippen LogP contribution in [-0.2, 0) is 0 Å². The van der Waals surface area contributed by atoms with Gasteiger partial charge in [-0.25, -0.2) is 0 Å². The summed E-state index contributed by atoms with van der Waals surface area (Å²) in [6.07, 6.45) is 5.26. The van der Waals surface area contributed by atoms with Gasteiger partial charge in [-0.05, 0) is 44.1 Å². The molecule has 0 radical (unpaired) electrons. The summed E-state index contributed by atoms with van der Waals surface area (Å²) in [5.41, 5.74) is 0.314. The number of aromatic nitrogens is 2. The molecule has 3 rings (SSSR count). The predicted octanol–water partition coefficient (Wildman–Crippen LogP) is 1.80. The zero-order valence-electron chi connectivity index (χ0n) is 12.1. The van der Waals surface area contributed by atoms with Gasteiger partial charge in [-0.1, -0.05) is 19.0 Å². The molecule has 2 atom stereocenters. The smallest absolute Gasteiger partial charge is 0.292 e. The molecule has 1 amide bonds. The normalized spacial score (nSPS) is 28.7. The van der Waals surface area contributed by atoms with Crippen LogP contribution in [0, 0.1) is 5.41 Å². The molecule has 1 aliphatic heterocycles. The molecule has 1 aliphatic carbocycles. The minimum Gasteiger partial charge on any atom is -0.346 e. The van der Waals surface area contributed by atoms with Crippen LogP contribution in [0.1, 0.15) is 68.5 Å². The van der Waals surface area contributed by atoms with Crippen LogP contribution in [-0.4, -0.2) is 28.6 Å². The second-order valence-corrected chi connectivity index (χ2v) is 6.68. The number of nitrogens with one attached hydrogen (secondary N) is 2. The van der Waals surface area contributed by atoms with Crippen molar-refractivity contribution in [3.8, 4) is 0 Å². The van der Waals surface area contributed by atoms with Crippen LogP contribution in [0.5, 0.6) is 0 Å². The van der Waals surface area contributed by atoms with Crippen molar-refractivity contribution in [3.63, 3.8) is 0 Å². The van der Waals surface area contributed by atoms with E-state index in [1.54, 1.807) is 0 Å². The Morgan fingerprint density at radius 1 is 1.45 bits per heavy atom. The summed E-state index contributed by atoms with van der Waals surface area (Å²) in [6.45, 7) is 5.43. The predicted molar refractivity (Wildman–Crippen MR) is 73.2 cm³/mol. The monoisotopic (exact) mass is 278 g/mol. The zero-order chi connectivity index (χ0) is 14.2. The van der Waals surface area contributed by atoms with E-state index in [0.717, 1.165) is 38.6 Å². The van der Waals surface area contributed by atoms with Gasteiger partial charge in [-0.3, -0.25) is 4.79 Å². The molecule has 0 bridgehead atoms. The van der Waals surface area contributed by atoms with Gasteiger partial charge < -0.3 is 15.2 Å². The molecule has 0 spiro atoms. The molecule has 1 saturated heterocycles. The third-order valence-electron chi connectivity index (χ3n) is 4.31. The summed E-state index contributed by atoms with van der Waals surface area (Å²) in [4.78, 5) is 16.3. The summed E-state index contributed by atoms with van der Waals surface area (Å²) in [6, 6.07) is 0.332. The van der Waals surface area contributed by atoms with Gasteiger partial charge in [0.15, 0.2) is 0 Å². The van der Waals surface area contributed by atoms with Gasteiger partial charge in [0, 0.05) is 6.04 Å². The molecule has 110 valence electrons. The first-order valence-electron chi connectivity index (χ1n) is 7.41. The SMILES string of the molecule is CC1(C)CCC(NC(=O)c2noc(C3CCCN3)n2)C1. The van der Waals surface area contributed by atoms with Crippen molar-refractivity contribution in [2.24, 2.45) is 5.41 Å². The molecular formula is C14H22N4O2. The van der Waals surface area contributed by atoms with Crippen LogP contribution in [0.4, 0.5) is 0 Å². The lowest BCUT2D eigenvalue weighted by atomic mass is 9.92. The Bertz CT molecular complexity index is 491. The van der Waals surface area contributed by atoms with Crippen LogP contribution < -0.4 is 10.6 Å². The third-order valence-corrected chi connectivity index (χ3v) is 4.31. The van der Waals surface area contributed by atoms with Crippen molar-refractivity contribution in [2.75, 3.05) is 6.54 Å². The van der Waals surface area contributed by atoms with Gasteiger partial charge in [0.05, 0.1) is 6.04 Å². The maximum absolute atomic E-state index is 12.1. The molecule has 0 aromatic carbocycles. The Kier molecular flexibility index (Phi) is 3.50. The van der Waals surface area contributed by atoms with E-state index in [4.69, 9.17) is 4.52 Å². The van der Waals surface area contributed by atoms with Crippen LogP contribution in [0.15, 0.2) is 4.52 Å². The molecule has 1 aromatic rings. The van der Waals surface area contributed by atoms with E-state index in [1.807, 2.05) is 0 Å². The highest BCUT2D eigenvalue weighted by atomic mass is 16.5. The lowest BCUT2D eigenvalue weighted by Gasteiger charge is -2.17. The van der Waals surface area contributed by atoms with Crippen molar-refractivity contribution >= 4 is 5.91 Å². The molecule has 6 heteroatoms. The van der Waals surface area contributed by atoms with Crippen molar-refractivity contribution < 1.29 is 9.32 Å². The van der Waals surface area contributed by atoms with E-state index in [2.05, 4.69) is 34.6 Å². The van der Waals surface area contributed by atoms with E-state index in [0.29, 0.717) is 11.3 Å². The molecule has 6 nitrogen and oxygen atoms in total. The van der Waals surface area contributed by atoms with E-state index in [1.165, 1.54) is 0 Å². The van der Waals surface area contributed by atoms with Crippen molar-refractivity contribution in [3.05, 3.63) is 11.7 Å². The molecule has 2 unspecified atom stereocenters. The van der Waals surface area contributed by atoms with E-state index >= 15 is 0 Å². The first kappa shape index (κ1) is 13.5. The molecule has 20 heavy (non-hydrogen) atoms. The molecule has 1 aromatic heterocycles. The molecule has 2 N–H and O–H groups in total. The van der Waals surface area contributed by atoms with Gasteiger partial charge in [-0.2, -0.15) is 4.98 Å². The first-order chi connectivity index (χ1) is 9.53. The Morgan fingerprint density at radius 3 is 2.95 bits per heavy atom. The minimum atomic E-state index is -0.222. The molecule has 2 heterocycles. The summed E-state index contributed by atoms with van der Waals surface area (Å²) in [5, 5.41) is 10.1. The molecule has 1 saturated carbocycles. The number of amides is 1. The second-order valence-electron chi connectivity index (χ2n) is 6.68. The van der Waals surface area contributed by atoms with Gasteiger partial charge in [-0.15, -0.1) is 0 Å². The molecule has 2 aliphatic rings. The highest BCUT2D eigenvalue weighted by molar-refractivity contribution is 5.90. The Balaban J connectivity index is 1.60. The van der Waals surface area contributed by atoms with Crippen LogP contribution >= 0.6 is 0 Å². The summed E-state index contributed by atoms with van der Waals surface area (Å²) in [7, 11) is 0. The van der Waals surface area contributed by atoms with Crippen LogP contribution in [0.2, 0.25) is 0 Å². The van der Waals surface area contributed by atoms with Crippen LogP contribution in [0.25, 0.3) is 0 Å². The fourth-order valence-electron chi connectivity index (χ4n) is 3.17. The van der Waals surface area contributed by atoms with E-state index in [-0.39, 0.29) is 23.8 Å². The lowest BCUT2D eigenvalue weighted by Crippen LogP contribution is -2.34. The van der Waals surface area contributed by atoms with Crippen LogP contribution in [0.3, 0.4) is 0 Å². The Morgan fingerprint density at radius 2 is 2.30 bits per heavy atom. The topological polar surface area (TPSA) is 80.0 Å². The van der Waals surface area contributed by atoms with E-state index in [9.17, 15) is 4.79 Å². The fraction of sp³-hybridized carbons (Fsp3) is 0.786. The molecule has 2 fully saturated rings. The number of rotatable bonds is 3. The Labute approximate surface area is 118 Å². The standard InChI is InChI=1S/C14H22N4O2/c1-14(2)6-5-9(8-14)16-12(19)11-17-13(20-18-11)10-4-3-7-15-10/h9-10,15H,3-8H2,1-2H3,(H,16,19). The average Bonchev–Trinajstić information content (AvgIpc) is 3.08. The molecular weight excluding hydrogens is 256 g/mol. The van der Waals surface area contributed by atoms with Gasteiger partial charge in [0.25, 0.3) is 11.7 Å². The second kappa shape index (κ2) is 5.16. The average molecular weight is 278 g/mol.